The highest BCUT2D eigenvalue weighted by Crippen LogP contribution is 2.27. The highest BCUT2D eigenvalue weighted by Gasteiger charge is 2.33. The van der Waals surface area contributed by atoms with E-state index in [1.165, 1.54) is 18.8 Å². The maximum Gasteiger partial charge on any atom is 0.330 e. The van der Waals surface area contributed by atoms with Gasteiger partial charge in [-0.3, -0.25) is 0 Å². The van der Waals surface area contributed by atoms with Crippen molar-refractivity contribution in [1.82, 2.24) is 0 Å². The SMILES string of the molecule is C=C1CC(C)CC2CC=CC(CC=CC(=O)OC(C(O)C=CC3CC(C)=CCO3)CC(OC)C(O)C(O)C1)O2. The van der Waals surface area contributed by atoms with Crippen LogP contribution in [0.3, 0.4) is 0 Å². The minimum absolute atomic E-state index is 0.0245. The smallest absolute Gasteiger partial charge is 0.330 e. The molecule has 0 amide bonds. The molecule has 218 valence electrons. The van der Waals surface area contributed by atoms with Gasteiger partial charge in [0.25, 0.3) is 0 Å². The molecule has 3 aliphatic heterocycles. The first-order chi connectivity index (χ1) is 18.6. The minimum Gasteiger partial charge on any atom is -0.456 e. The molecule has 0 fully saturated rings. The Bertz CT molecular complexity index is 922. The molecule has 0 saturated carbocycles. The summed E-state index contributed by atoms with van der Waals surface area (Å²) in [5, 5.41) is 32.7. The molecule has 3 N–H and O–H groups in total. The molecule has 0 radical (unpaired) electrons. The van der Waals surface area contributed by atoms with Crippen LogP contribution in [-0.4, -0.2) is 83.8 Å². The van der Waals surface area contributed by atoms with Gasteiger partial charge in [-0.15, -0.1) is 0 Å². The molecular formula is C31H46O8. The van der Waals surface area contributed by atoms with E-state index in [2.05, 4.69) is 19.6 Å². The fourth-order valence-electron chi connectivity index (χ4n) is 5.40. The average Bonchev–Trinajstić information content (AvgIpc) is 2.88. The second-order valence-electron chi connectivity index (χ2n) is 11.1. The van der Waals surface area contributed by atoms with E-state index in [1.54, 1.807) is 18.2 Å². The van der Waals surface area contributed by atoms with Crippen LogP contribution in [0.25, 0.3) is 0 Å². The summed E-state index contributed by atoms with van der Waals surface area (Å²) in [4.78, 5) is 12.7. The van der Waals surface area contributed by atoms with Crippen molar-refractivity contribution in [2.45, 2.75) is 108 Å². The van der Waals surface area contributed by atoms with Gasteiger partial charge in [0.05, 0.1) is 37.1 Å². The van der Waals surface area contributed by atoms with Crippen LogP contribution in [0.1, 0.15) is 58.8 Å². The van der Waals surface area contributed by atoms with E-state index in [0.717, 1.165) is 18.4 Å². The number of hydrogen-bond donors (Lipinski definition) is 3. The number of aliphatic hydroxyl groups is 3. The van der Waals surface area contributed by atoms with Gasteiger partial charge in [0, 0.05) is 19.6 Å². The number of aliphatic hydroxyl groups excluding tert-OH is 3. The standard InChI is InChI=1S/C31H46O8/c1-20-13-14-37-24(16-20)11-12-26(32)28-19-29(36-4)31(35)27(33)18-22(3)15-21(2)17-25-9-5-7-23(38-25)8-6-10-30(34)39-28/h5-7,10-13,21,23-29,31-33,35H,3,8-9,14-19H2,1-2,4H3. The minimum atomic E-state index is -1.27. The van der Waals surface area contributed by atoms with Crippen LogP contribution in [0.4, 0.5) is 0 Å². The molecule has 39 heavy (non-hydrogen) atoms. The maximum absolute atomic E-state index is 12.7. The van der Waals surface area contributed by atoms with Crippen LogP contribution >= 0.6 is 0 Å². The number of fused-ring (bicyclic) bond motifs is 2. The number of carbonyl (C=O) groups is 1. The van der Waals surface area contributed by atoms with Gasteiger partial charge >= 0.3 is 5.97 Å². The third kappa shape index (κ3) is 10.4. The van der Waals surface area contributed by atoms with Crippen LogP contribution < -0.4 is 0 Å². The van der Waals surface area contributed by atoms with Crippen LogP contribution in [0.15, 0.2) is 60.3 Å². The Morgan fingerprint density at radius 2 is 1.95 bits per heavy atom. The molecule has 0 spiro atoms. The van der Waals surface area contributed by atoms with Gasteiger partial charge in [-0.2, -0.15) is 0 Å². The number of cyclic esters (lactones) is 1. The zero-order valence-corrected chi connectivity index (χ0v) is 23.5. The average molecular weight is 547 g/mol. The Labute approximate surface area is 232 Å². The molecule has 0 saturated heterocycles. The van der Waals surface area contributed by atoms with Crippen molar-refractivity contribution in [1.29, 1.82) is 0 Å². The Hall–Kier alpha value is -2.07. The van der Waals surface area contributed by atoms with Gasteiger partial charge in [-0.1, -0.05) is 61.1 Å². The molecule has 2 bridgehead atoms. The number of methoxy groups -OCH3 is 1. The fourth-order valence-corrected chi connectivity index (χ4v) is 5.40. The summed E-state index contributed by atoms with van der Waals surface area (Å²) < 4.78 is 23.0. The van der Waals surface area contributed by atoms with E-state index in [1.807, 2.05) is 19.1 Å². The van der Waals surface area contributed by atoms with Crippen molar-refractivity contribution < 1.29 is 39.1 Å². The zero-order valence-electron chi connectivity index (χ0n) is 23.5. The summed E-state index contributed by atoms with van der Waals surface area (Å²) in [6.07, 6.45) is 10.6. The first-order valence-electron chi connectivity index (χ1n) is 14.0. The molecule has 0 aromatic rings. The molecule has 0 aliphatic carbocycles. The summed E-state index contributed by atoms with van der Waals surface area (Å²) in [5.74, 6) is -0.329. The molecule has 8 heteroatoms. The fraction of sp³-hybridized carbons (Fsp3) is 0.645. The van der Waals surface area contributed by atoms with Crippen molar-refractivity contribution in [3.8, 4) is 0 Å². The highest BCUT2D eigenvalue weighted by molar-refractivity contribution is 5.82. The summed E-state index contributed by atoms with van der Waals surface area (Å²) >= 11 is 0. The van der Waals surface area contributed by atoms with Gasteiger partial charge < -0.3 is 34.3 Å². The van der Waals surface area contributed by atoms with Crippen LogP contribution in [-0.2, 0) is 23.7 Å². The number of rotatable bonds is 4. The number of esters is 1. The van der Waals surface area contributed by atoms with Gasteiger partial charge in [0.15, 0.2) is 0 Å². The molecule has 8 nitrogen and oxygen atoms in total. The maximum atomic E-state index is 12.7. The van der Waals surface area contributed by atoms with E-state index in [9.17, 15) is 20.1 Å². The molecule has 9 unspecified atom stereocenters. The third-order valence-corrected chi connectivity index (χ3v) is 7.52. The van der Waals surface area contributed by atoms with Gasteiger partial charge in [-0.25, -0.2) is 4.79 Å². The van der Waals surface area contributed by atoms with Crippen molar-refractivity contribution in [3.63, 3.8) is 0 Å². The lowest BCUT2D eigenvalue weighted by Gasteiger charge is -2.31. The molecule has 3 heterocycles. The quantitative estimate of drug-likeness (QED) is 0.361. The number of hydrogen-bond acceptors (Lipinski definition) is 8. The first-order valence-corrected chi connectivity index (χ1v) is 14.0. The van der Waals surface area contributed by atoms with E-state index in [-0.39, 0.29) is 31.2 Å². The van der Waals surface area contributed by atoms with Crippen LogP contribution in [0, 0.1) is 5.92 Å². The van der Waals surface area contributed by atoms with Crippen molar-refractivity contribution in [3.05, 3.63) is 60.3 Å². The predicted octanol–water partition coefficient (Wildman–Crippen LogP) is 3.71. The molecule has 0 aromatic heterocycles. The summed E-state index contributed by atoms with van der Waals surface area (Å²) in [6.45, 7) is 8.79. The molecule has 0 aromatic carbocycles. The lowest BCUT2D eigenvalue weighted by atomic mass is 9.89. The van der Waals surface area contributed by atoms with Crippen molar-refractivity contribution >= 4 is 5.97 Å². The van der Waals surface area contributed by atoms with E-state index in [4.69, 9.17) is 18.9 Å². The van der Waals surface area contributed by atoms with E-state index >= 15 is 0 Å². The second-order valence-corrected chi connectivity index (χ2v) is 11.1. The van der Waals surface area contributed by atoms with E-state index < -0.39 is 36.5 Å². The highest BCUT2D eigenvalue weighted by atomic mass is 16.6. The lowest BCUT2D eigenvalue weighted by Crippen LogP contribution is -2.43. The van der Waals surface area contributed by atoms with Crippen molar-refractivity contribution in [2.75, 3.05) is 13.7 Å². The normalized spacial score (nSPS) is 36.6. The van der Waals surface area contributed by atoms with Crippen LogP contribution in [0.2, 0.25) is 0 Å². The predicted molar refractivity (Wildman–Crippen MR) is 149 cm³/mol. The molecule has 3 aliphatic rings. The summed E-state index contributed by atoms with van der Waals surface area (Å²) in [6, 6.07) is 0. The Morgan fingerprint density at radius 3 is 2.69 bits per heavy atom. The van der Waals surface area contributed by atoms with Gasteiger partial charge in [0.1, 0.15) is 18.3 Å². The monoisotopic (exact) mass is 546 g/mol. The Kier molecular flexibility index (Phi) is 12.6. The molecule has 3 rings (SSSR count). The van der Waals surface area contributed by atoms with Crippen LogP contribution in [0.5, 0.6) is 0 Å². The summed E-state index contributed by atoms with van der Waals surface area (Å²) in [5.41, 5.74) is 2.03. The lowest BCUT2D eigenvalue weighted by molar-refractivity contribution is -0.153. The molecule has 9 atom stereocenters. The summed E-state index contributed by atoms with van der Waals surface area (Å²) in [7, 11) is 1.42. The zero-order chi connectivity index (χ0) is 28.4. The van der Waals surface area contributed by atoms with E-state index in [0.29, 0.717) is 31.8 Å². The number of carbonyl (C=O) groups excluding carboxylic acids is 1. The van der Waals surface area contributed by atoms with Gasteiger partial charge in [0.2, 0.25) is 0 Å². The second kappa shape index (κ2) is 15.6. The Balaban J connectivity index is 1.78. The number of ether oxygens (including phenoxy) is 4. The first kappa shape index (κ1) is 31.5. The topological polar surface area (TPSA) is 115 Å². The largest absolute Gasteiger partial charge is 0.456 e. The van der Waals surface area contributed by atoms with Crippen molar-refractivity contribution in [2.24, 2.45) is 5.92 Å². The van der Waals surface area contributed by atoms with Gasteiger partial charge in [-0.05, 0) is 51.4 Å². The molecular weight excluding hydrogens is 500 g/mol. The Morgan fingerprint density at radius 1 is 1.15 bits per heavy atom. The third-order valence-electron chi connectivity index (χ3n) is 7.52.